The van der Waals surface area contributed by atoms with E-state index in [-0.39, 0.29) is 17.0 Å². The number of aromatic carboxylic acids is 1. The second-order valence-electron chi connectivity index (χ2n) is 3.35. The summed E-state index contributed by atoms with van der Waals surface area (Å²) in [4.78, 5) is 26.8. The number of halogens is 1. The topological polar surface area (TPSA) is 78.8 Å². The van der Waals surface area contributed by atoms with Gasteiger partial charge in [-0.15, -0.1) is 0 Å². The van der Waals surface area contributed by atoms with Gasteiger partial charge in [0, 0.05) is 10.7 Å². The number of hydrogen-bond acceptors (Lipinski definition) is 3. The average molecular weight is 323 g/mol. The van der Waals surface area contributed by atoms with Gasteiger partial charge in [-0.25, -0.2) is 9.79 Å². The molecule has 2 N–H and O–H groups in total. The summed E-state index contributed by atoms with van der Waals surface area (Å²) < 4.78 is 0.574. The molecular weight excluding hydrogens is 312 g/mol. The molecule has 0 saturated carbocycles. The van der Waals surface area contributed by atoms with E-state index in [1.807, 2.05) is 0 Å². The van der Waals surface area contributed by atoms with Crippen molar-refractivity contribution in [2.24, 2.45) is 4.99 Å². The van der Waals surface area contributed by atoms with Crippen molar-refractivity contribution in [1.82, 2.24) is 5.32 Å². The van der Waals surface area contributed by atoms with Crippen LogP contribution < -0.4 is 5.32 Å². The zero-order valence-electron chi connectivity index (χ0n) is 9.89. The van der Waals surface area contributed by atoms with Crippen LogP contribution in [0.5, 0.6) is 0 Å². The van der Waals surface area contributed by atoms with Crippen LogP contribution in [0.15, 0.2) is 53.1 Å². The Kier molecular flexibility index (Phi) is 5.20. The lowest BCUT2D eigenvalue weighted by atomic mass is 10.1. The van der Waals surface area contributed by atoms with Gasteiger partial charge in [0.25, 0.3) is 5.91 Å². The van der Waals surface area contributed by atoms with Crippen molar-refractivity contribution in [3.8, 4) is 0 Å². The minimum absolute atomic E-state index is 0.0364. The summed E-state index contributed by atoms with van der Waals surface area (Å²) in [5.41, 5.74) is -0.0665. The van der Waals surface area contributed by atoms with Gasteiger partial charge in [-0.1, -0.05) is 29.1 Å². The maximum atomic E-state index is 12.0. The van der Waals surface area contributed by atoms with Crippen molar-refractivity contribution in [2.45, 2.75) is 0 Å². The molecule has 0 unspecified atom stereocenters. The normalized spacial score (nSPS) is 10.7. The molecule has 0 aliphatic carbocycles. The molecule has 6 heteroatoms. The van der Waals surface area contributed by atoms with E-state index in [0.29, 0.717) is 4.47 Å². The van der Waals surface area contributed by atoms with Gasteiger partial charge in [0.15, 0.2) is 0 Å². The van der Waals surface area contributed by atoms with Crippen molar-refractivity contribution in [2.75, 3.05) is 0 Å². The predicted molar refractivity (Wildman–Crippen MR) is 76.4 cm³/mol. The number of rotatable bonds is 4. The van der Waals surface area contributed by atoms with E-state index in [1.54, 1.807) is 6.07 Å². The van der Waals surface area contributed by atoms with E-state index >= 15 is 0 Å². The molecule has 98 valence electrons. The number of nitrogens with one attached hydrogen (secondary N) is 1. The zero-order valence-corrected chi connectivity index (χ0v) is 11.5. The number of carboxylic acids is 1. The summed E-state index contributed by atoms with van der Waals surface area (Å²) in [7, 11) is 0. The van der Waals surface area contributed by atoms with Crippen LogP contribution in [0.1, 0.15) is 20.7 Å². The van der Waals surface area contributed by atoms with Crippen molar-refractivity contribution in [1.29, 1.82) is 0 Å². The van der Waals surface area contributed by atoms with E-state index in [9.17, 15) is 9.59 Å². The number of nitrogens with zero attached hydrogens (tertiary/aromatic N) is 1. The van der Waals surface area contributed by atoms with Crippen LogP contribution in [0.4, 0.5) is 0 Å². The molecule has 0 aromatic heterocycles. The van der Waals surface area contributed by atoms with Gasteiger partial charge < -0.3 is 10.4 Å². The first kappa shape index (κ1) is 14.8. The van der Waals surface area contributed by atoms with E-state index in [1.165, 1.54) is 24.4 Å². The lowest BCUT2D eigenvalue weighted by Crippen LogP contribution is -2.30. The molecule has 0 saturated heterocycles. The van der Waals surface area contributed by atoms with Crippen LogP contribution >= 0.6 is 15.9 Å². The number of hydrogen-bond donors (Lipinski definition) is 2. The van der Waals surface area contributed by atoms with Gasteiger partial charge in [-0.2, -0.15) is 0 Å². The molecule has 1 aromatic carbocycles. The second-order valence-corrected chi connectivity index (χ2v) is 4.27. The minimum Gasteiger partial charge on any atom is -0.478 e. The van der Waals surface area contributed by atoms with Crippen LogP contribution in [0.2, 0.25) is 0 Å². The highest BCUT2D eigenvalue weighted by molar-refractivity contribution is 9.10. The highest BCUT2D eigenvalue weighted by Crippen LogP contribution is 2.17. The lowest BCUT2D eigenvalue weighted by Gasteiger charge is -2.07. The van der Waals surface area contributed by atoms with Gasteiger partial charge in [-0.05, 0) is 24.3 Å². The Morgan fingerprint density at radius 3 is 2.53 bits per heavy atom. The van der Waals surface area contributed by atoms with Gasteiger partial charge in [-0.3, -0.25) is 4.79 Å². The van der Waals surface area contributed by atoms with Crippen molar-refractivity contribution >= 4 is 33.6 Å². The van der Waals surface area contributed by atoms with Gasteiger partial charge >= 0.3 is 5.97 Å². The fraction of sp³-hybridized carbons (Fsp3) is 0. The third kappa shape index (κ3) is 3.89. The van der Waals surface area contributed by atoms with Gasteiger partial charge in [0.1, 0.15) is 5.84 Å². The van der Waals surface area contributed by atoms with Crippen molar-refractivity contribution < 1.29 is 14.7 Å². The Bertz CT molecular complexity index is 579. The number of carbonyl (C=O) groups excluding carboxylic acids is 1. The van der Waals surface area contributed by atoms with Crippen LogP contribution in [0, 0.1) is 0 Å². The molecule has 0 atom stereocenters. The first-order chi connectivity index (χ1) is 8.99. The smallest absolute Gasteiger partial charge is 0.336 e. The molecule has 1 amide bonds. The summed E-state index contributed by atoms with van der Waals surface area (Å²) in [5.74, 6) is -1.57. The highest BCUT2D eigenvalue weighted by Gasteiger charge is 2.17. The summed E-state index contributed by atoms with van der Waals surface area (Å²) in [6, 6.07) is 4.35. The molecule has 1 rings (SSSR count). The van der Waals surface area contributed by atoms with Crippen LogP contribution in [-0.4, -0.2) is 22.8 Å². The van der Waals surface area contributed by atoms with Crippen molar-refractivity contribution in [3.63, 3.8) is 0 Å². The molecular formula is C13H11BrN2O3. The van der Waals surface area contributed by atoms with Gasteiger partial charge in [0.2, 0.25) is 0 Å². The molecule has 0 fully saturated rings. The number of benzene rings is 1. The molecule has 0 aliphatic heterocycles. The number of carboxylic acid groups (broad SMARTS) is 1. The summed E-state index contributed by atoms with van der Waals surface area (Å²) in [5, 5.41) is 11.5. The zero-order chi connectivity index (χ0) is 14.4. The Morgan fingerprint density at radius 2 is 2.00 bits per heavy atom. The first-order valence-electron chi connectivity index (χ1n) is 5.15. The number of aliphatic imine (C=N–C) groups is 1. The molecule has 5 nitrogen and oxygen atoms in total. The summed E-state index contributed by atoms with van der Waals surface area (Å²) in [6.07, 6.45) is 2.58. The third-order valence-corrected chi connectivity index (χ3v) is 2.62. The fourth-order valence-electron chi connectivity index (χ4n) is 1.31. The number of amides is 1. The SMILES string of the molecule is C=CN=C(C=C)NC(=O)c1ccc(Br)cc1C(=O)O. The largest absolute Gasteiger partial charge is 0.478 e. The molecule has 0 bridgehead atoms. The second kappa shape index (κ2) is 6.65. The minimum atomic E-state index is -1.19. The molecule has 0 aliphatic rings. The van der Waals surface area contributed by atoms with Crippen LogP contribution in [0.25, 0.3) is 0 Å². The molecule has 0 heterocycles. The fourth-order valence-corrected chi connectivity index (χ4v) is 1.67. The van der Waals surface area contributed by atoms with E-state index in [4.69, 9.17) is 5.11 Å². The Balaban J connectivity index is 3.13. The quantitative estimate of drug-likeness (QED) is 0.660. The predicted octanol–water partition coefficient (Wildman–Crippen LogP) is 2.61. The standard InChI is InChI=1S/C13H11BrN2O3/c1-3-11(15-4-2)16-12(17)9-6-5-8(14)7-10(9)13(18)19/h3-7H,1-2H2,(H,18,19)(H,15,16,17). The Labute approximate surface area is 118 Å². The van der Waals surface area contributed by atoms with E-state index < -0.39 is 11.9 Å². The number of amidine groups is 1. The van der Waals surface area contributed by atoms with Crippen LogP contribution in [0.3, 0.4) is 0 Å². The maximum absolute atomic E-state index is 12.0. The third-order valence-electron chi connectivity index (χ3n) is 2.12. The number of carbonyl (C=O) groups is 2. The van der Waals surface area contributed by atoms with Crippen LogP contribution in [-0.2, 0) is 0 Å². The summed E-state index contributed by atoms with van der Waals surface area (Å²) >= 11 is 3.15. The molecule has 19 heavy (non-hydrogen) atoms. The van der Waals surface area contributed by atoms with Gasteiger partial charge in [0.05, 0.1) is 11.1 Å². The maximum Gasteiger partial charge on any atom is 0.336 e. The average Bonchev–Trinajstić information content (AvgIpc) is 2.37. The molecule has 0 spiro atoms. The van der Waals surface area contributed by atoms with Crippen molar-refractivity contribution in [3.05, 3.63) is 59.2 Å². The molecule has 0 radical (unpaired) electrons. The summed E-state index contributed by atoms with van der Waals surface area (Å²) in [6.45, 7) is 6.88. The molecule has 1 aromatic rings. The Morgan fingerprint density at radius 1 is 1.32 bits per heavy atom. The Hall–Kier alpha value is -2.21. The lowest BCUT2D eigenvalue weighted by molar-refractivity contribution is 0.0691. The monoisotopic (exact) mass is 322 g/mol. The first-order valence-corrected chi connectivity index (χ1v) is 5.94. The van der Waals surface area contributed by atoms with E-state index in [2.05, 4.69) is 39.4 Å². The highest BCUT2D eigenvalue weighted by atomic mass is 79.9. The van der Waals surface area contributed by atoms with E-state index in [0.717, 1.165) is 0 Å².